The third-order valence-corrected chi connectivity index (χ3v) is 4.90. The minimum Gasteiger partial charge on any atom is -0.331 e. The van der Waals surface area contributed by atoms with Crippen molar-refractivity contribution in [3.05, 3.63) is 63.4 Å². The van der Waals surface area contributed by atoms with Crippen LogP contribution in [0.25, 0.3) is 11.0 Å². The molecule has 1 N–H and O–H groups in total. The number of H-pyrrole nitrogens is 1. The predicted molar refractivity (Wildman–Crippen MR) is 89.6 cm³/mol. The van der Waals surface area contributed by atoms with Crippen molar-refractivity contribution < 1.29 is 0 Å². The van der Waals surface area contributed by atoms with E-state index in [2.05, 4.69) is 39.9 Å². The van der Waals surface area contributed by atoms with E-state index in [1.807, 2.05) is 12.1 Å². The number of nitrogens with one attached hydrogen (secondary N) is 1. The first-order valence-electron chi connectivity index (χ1n) is 7.19. The van der Waals surface area contributed by atoms with Crippen LogP contribution in [0.15, 0.2) is 42.5 Å². The molecule has 0 fully saturated rings. The number of rotatable bonds is 1. The van der Waals surface area contributed by atoms with Gasteiger partial charge in [-0.15, -0.1) is 0 Å². The second-order valence-corrected chi connectivity index (χ2v) is 6.45. The van der Waals surface area contributed by atoms with E-state index in [0.717, 1.165) is 40.1 Å². The van der Waals surface area contributed by atoms with Gasteiger partial charge >= 0.3 is 0 Å². The number of aryl methyl sites for hydroxylation is 1. The van der Waals surface area contributed by atoms with E-state index < -0.39 is 0 Å². The molecule has 4 heteroatoms. The van der Waals surface area contributed by atoms with Crippen molar-refractivity contribution >= 4 is 34.9 Å². The second kappa shape index (κ2) is 5.00. The van der Waals surface area contributed by atoms with Gasteiger partial charge in [-0.3, -0.25) is 0 Å². The minimum absolute atomic E-state index is 0.419. The summed E-state index contributed by atoms with van der Waals surface area (Å²) in [4.78, 5) is 3.28. The highest BCUT2D eigenvalue weighted by Gasteiger charge is 2.21. The molecule has 0 saturated carbocycles. The average Bonchev–Trinajstić information content (AvgIpc) is 2.81. The Kier molecular flexibility index (Phi) is 3.12. The van der Waals surface area contributed by atoms with Gasteiger partial charge in [-0.2, -0.15) is 0 Å². The maximum atomic E-state index is 6.07. The van der Waals surface area contributed by atoms with Crippen molar-refractivity contribution in [2.45, 2.75) is 25.3 Å². The summed E-state index contributed by atoms with van der Waals surface area (Å²) in [5.41, 5.74) is 5.09. The van der Waals surface area contributed by atoms with Crippen molar-refractivity contribution in [1.29, 1.82) is 0 Å². The zero-order valence-corrected chi connectivity index (χ0v) is 13.0. The summed E-state index contributed by atoms with van der Waals surface area (Å²) in [6.07, 6.45) is 3.28. The molecule has 0 spiro atoms. The van der Waals surface area contributed by atoms with Crippen molar-refractivity contribution in [3.8, 4) is 0 Å². The van der Waals surface area contributed by atoms with Crippen LogP contribution in [0.3, 0.4) is 0 Å². The van der Waals surface area contributed by atoms with Gasteiger partial charge in [0.2, 0.25) is 0 Å². The molecule has 1 aliphatic rings. The monoisotopic (exact) mass is 314 g/mol. The summed E-state index contributed by atoms with van der Waals surface area (Å²) < 4.78 is 3.05. The largest absolute Gasteiger partial charge is 0.331 e. The number of fused-ring (bicyclic) bond motifs is 2. The number of hydrogen-bond donors (Lipinski definition) is 1. The normalized spacial score (nSPS) is 17.9. The highest BCUT2D eigenvalue weighted by molar-refractivity contribution is 7.71. The summed E-state index contributed by atoms with van der Waals surface area (Å²) in [6, 6.07) is 15.1. The Hall–Kier alpha value is -1.58. The minimum atomic E-state index is 0.419. The highest BCUT2D eigenvalue weighted by atomic mass is 35.5. The molecule has 3 aromatic rings. The molecule has 2 aromatic carbocycles. The molecular weight excluding hydrogens is 300 g/mol. The van der Waals surface area contributed by atoms with Gasteiger partial charge in [-0.1, -0.05) is 35.9 Å². The van der Waals surface area contributed by atoms with Crippen molar-refractivity contribution in [1.82, 2.24) is 9.55 Å². The van der Waals surface area contributed by atoms with E-state index >= 15 is 0 Å². The average molecular weight is 315 g/mol. The number of halogens is 1. The Morgan fingerprint density at radius 2 is 1.95 bits per heavy atom. The molecule has 0 aliphatic heterocycles. The van der Waals surface area contributed by atoms with E-state index in [1.165, 1.54) is 11.1 Å². The quantitative estimate of drug-likeness (QED) is 0.621. The molecule has 0 bridgehead atoms. The molecule has 4 rings (SSSR count). The van der Waals surface area contributed by atoms with E-state index in [9.17, 15) is 0 Å². The third-order valence-electron chi connectivity index (χ3n) is 4.36. The zero-order chi connectivity index (χ0) is 14.4. The summed E-state index contributed by atoms with van der Waals surface area (Å²) >= 11 is 11.6. The first-order chi connectivity index (χ1) is 10.2. The van der Waals surface area contributed by atoms with Crippen LogP contribution in [0.2, 0.25) is 5.02 Å². The maximum Gasteiger partial charge on any atom is 0.178 e. The Balaban J connectivity index is 1.81. The number of hydrogen-bond acceptors (Lipinski definition) is 1. The molecule has 1 aromatic heterocycles. The lowest BCUT2D eigenvalue weighted by Gasteiger charge is -2.26. The molecule has 2 nitrogen and oxygen atoms in total. The van der Waals surface area contributed by atoms with Gasteiger partial charge in [0.15, 0.2) is 4.77 Å². The Morgan fingerprint density at radius 3 is 2.81 bits per heavy atom. The van der Waals surface area contributed by atoms with Gasteiger partial charge in [-0.05, 0) is 60.8 Å². The van der Waals surface area contributed by atoms with Gasteiger partial charge in [0, 0.05) is 11.1 Å². The summed E-state index contributed by atoms with van der Waals surface area (Å²) in [5, 5.41) is 0.736. The van der Waals surface area contributed by atoms with Crippen LogP contribution >= 0.6 is 23.8 Å². The Bertz CT molecular complexity index is 878. The van der Waals surface area contributed by atoms with Crippen molar-refractivity contribution in [2.75, 3.05) is 0 Å². The number of aromatic amines is 1. The molecule has 106 valence electrons. The van der Waals surface area contributed by atoms with Crippen LogP contribution in [0.1, 0.15) is 23.6 Å². The fourth-order valence-corrected chi connectivity index (χ4v) is 3.89. The predicted octanol–water partition coefficient (Wildman–Crippen LogP) is 5.08. The van der Waals surface area contributed by atoms with Gasteiger partial charge < -0.3 is 9.55 Å². The lowest BCUT2D eigenvalue weighted by atomic mass is 9.88. The number of imidazole rings is 1. The number of nitrogens with zero attached hydrogens (tertiary/aromatic N) is 1. The smallest absolute Gasteiger partial charge is 0.178 e. The van der Waals surface area contributed by atoms with Gasteiger partial charge in [0.25, 0.3) is 0 Å². The van der Waals surface area contributed by atoms with Crippen LogP contribution in [-0.4, -0.2) is 9.55 Å². The topological polar surface area (TPSA) is 20.7 Å². The lowest BCUT2D eigenvalue weighted by molar-refractivity contribution is 0.448. The standard InChI is InChI=1S/C17H15ClN2S/c18-13-6-8-16-15(10-13)19-17(21)20(16)14-7-5-11-3-1-2-4-12(11)9-14/h1-4,6,8,10,14H,5,7,9H2,(H,19,21). The summed E-state index contributed by atoms with van der Waals surface area (Å²) in [6.45, 7) is 0. The number of aromatic nitrogens is 2. The SMILES string of the molecule is S=c1[nH]c2cc(Cl)ccc2n1C1CCc2ccccc2C1. The molecule has 1 atom stereocenters. The highest BCUT2D eigenvalue weighted by Crippen LogP contribution is 2.32. The van der Waals surface area contributed by atoms with Crippen LogP contribution in [-0.2, 0) is 12.8 Å². The Morgan fingerprint density at radius 1 is 1.14 bits per heavy atom. The summed E-state index contributed by atoms with van der Waals surface area (Å²) in [5.74, 6) is 0. The van der Waals surface area contributed by atoms with Gasteiger partial charge in [-0.25, -0.2) is 0 Å². The Labute approximate surface area is 133 Å². The van der Waals surface area contributed by atoms with Gasteiger partial charge in [0.05, 0.1) is 11.0 Å². The molecule has 0 radical (unpaired) electrons. The molecule has 1 heterocycles. The maximum absolute atomic E-state index is 6.07. The first kappa shape index (κ1) is 13.1. The molecule has 1 aliphatic carbocycles. The number of benzene rings is 2. The fraction of sp³-hybridized carbons (Fsp3) is 0.235. The molecule has 0 saturated heterocycles. The molecular formula is C17H15ClN2S. The molecule has 21 heavy (non-hydrogen) atoms. The van der Waals surface area contributed by atoms with Crippen molar-refractivity contribution in [2.24, 2.45) is 0 Å². The first-order valence-corrected chi connectivity index (χ1v) is 7.97. The fourth-order valence-electron chi connectivity index (χ4n) is 3.36. The molecule has 1 unspecified atom stereocenters. The zero-order valence-electron chi connectivity index (χ0n) is 11.5. The third kappa shape index (κ3) is 2.21. The van der Waals surface area contributed by atoms with E-state index in [0.29, 0.717) is 6.04 Å². The van der Waals surface area contributed by atoms with E-state index in [-0.39, 0.29) is 0 Å². The van der Waals surface area contributed by atoms with E-state index in [4.69, 9.17) is 23.8 Å². The summed E-state index contributed by atoms with van der Waals surface area (Å²) in [7, 11) is 0. The van der Waals surface area contributed by atoms with Crippen molar-refractivity contribution in [3.63, 3.8) is 0 Å². The van der Waals surface area contributed by atoms with E-state index in [1.54, 1.807) is 0 Å². The van der Waals surface area contributed by atoms with Crippen LogP contribution in [0.5, 0.6) is 0 Å². The van der Waals surface area contributed by atoms with Crippen LogP contribution in [0.4, 0.5) is 0 Å². The van der Waals surface area contributed by atoms with Crippen LogP contribution in [0, 0.1) is 4.77 Å². The van der Waals surface area contributed by atoms with Gasteiger partial charge in [0.1, 0.15) is 0 Å². The second-order valence-electron chi connectivity index (χ2n) is 5.63. The molecule has 0 amide bonds. The lowest BCUT2D eigenvalue weighted by Crippen LogP contribution is -2.18. The van der Waals surface area contributed by atoms with Crippen LogP contribution < -0.4 is 0 Å².